The number of quaternary nitrogens is 1. The molecule has 4 saturated heterocycles. The van der Waals surface area contributed by atoms with Gasteiger partial charge < -0.3 is 0 Å². The van der Waals surface area contributed by atoms with E-state index in [-0.39, 0.29) is 0 Å². The van der Waals surface area contributed by atoms with Crippen molar-refractivity contribution in [2.24, 2.45) is 0 Å². The molecule has 4 nitrogen and oxygen atoms in total. The van der Waals surface area contributed by atoms with Gasteiger partial charge >= 0.3 is 0 Å². The van der Waals surface area contributed by atoms with E-state index in [2.05, 4.69) is 39.0 Å². The lowest BCUT2D eigenvalue weighted by Crippen LogP contribution is -2.78. The number of halogens is 1. The van der Waals surface area contributed by atoms with Crippen LogP contribution in [0, 0.1) is 0 Å². The van der Waals surface area contributed by atoms with Crippen molar-refractivity contribution in [2.45, 2.75) is 12.4 Å². The zero-order valence-corrected chi connectivity index (χ0v) is 11.9. The first-order valence-electron chi connectivity index (χ1n) is 6.91. The summed E-state index contributed by atoms with van der Waals surface area (Å²) in [4.78, 5) is 7.67. The Labute approximate surface area is 119 Å². The summed E-state index contributed by atoms with van der Waals surface area (Å²) in [5.74, 6) is 0.618. The molecular formula is C14H20ClN4+. The smallest absolute Gasteiger partial charge is 0.139 e. The summed E-state index contributed by atoms with van der Waals surface area (Å²) in [6.07, 6.45) is 0. The fourth-order valence-electron chi connectivity index (χ4n) is 4.01. The van der Waals surface area contributed by atoms with Crippen molar-refractivity contribution in [3.63, 3.8) is 0 Å². The molecule has 4 fully saturated rings. The van der Waals surface area contributed by atoms with Crippen LogP contribution in [0.25, 0.3) is 0 Å². The lowest BCUT2D eigenvalue weighted by Gasteiger charge is -2.60. The summed E-state index contributed by atoms with van der Waals surface area (Å²) in [7, 11) is 0. The second-order valence-electron chi connectivity index (χ2n) is 6.26. The molecule has 4 aliphatic heterocycles. The Morgan fingerprint density at radius 3 is 1.95 bits per heavy atom. The van der Waals surface area contributed by atoms with Gasteiger partial charge in [0.25, 0.3) is 0 Å². The fourth-order valence-corrected chi connectivity index (χ4v) is 4.27. The first-order valence-corrected chi connectivity index (χ1v) is 7.45. The third-order valence-electron chi connectivity index (χ3n) is 4.47. The number of hydrogen-bond donors (Lipinski definition) is 0. The minimum Gasteiger partial charge on any atom is -0.282 e. The van der Waals surface area contributed by atoms with Crippen molar-refractivity contribution in [3.05, 3.63) is 35.4 Å². The molecule has 4 bridgehead atoms. The van der Waals surface area contributed by atoms with Crippen LogP contribution in [0.1, 0.15) is 11.1 Å². The van der Waals surface area contributed by atoms with E-state index in [0.29, 0.717) is 5.88 Å². The maximum Gasteiger partial charge on any atom is 0.139 e. The zero-order valence-electron chi connectivity index (χ0n) is 11.1. The predicted molar refractivity (Wildman–Crippen MR) is 74.7 cm³/mol. The predicted octanol–water partition coefficient (Wildman–Crippen LogP) is 1.43. The van der Waals surface area contributed by atoms with Crippen LogP contribution < -0.4 is 0 Å². The van der Waals surface area contributed by atoms with Crippen LogP contribution in [0.4, 0.5) is 0 Å². The highest BCUT2D eigenvalue weighted by molar-refractivity contribution is 6.17. The molecule has 0 atom stereocenters. The molecule has 0 unspecified atom stereocenters. The normalized spacial score (nSPS) is 39.7. The minimum absolute atomic E-state index is 0.618. The summed E-state index contributed by atoms with van der Waals surface area (Å²) in [6, 6.07) is 8.63. The third kappa shape index (κ3) is 2.08. The molecule has 102 valence electrons. The van der Waals surface area contributed by atoms with Crippen molar-refractivity contribution in [1.29, 1.82) is 0 Å². The molecule has 4 heterocycles. The van der Waals surface area contributed by atoms with Crippen molar-refractivity contribution in [3.8, 4) is 0 Å². The molecule has 0 saturated carbocycles. The van der Waals surface area contributed by atoms with Crippen molar-refractivity contribution < 1.29 is 4.48 Å². The van der Waals surface area contributed by atoms with E-state index in [0.717, 1.165) is 31.0 Å². The molecule has 0 aliphatic carbocycles. The number of benzene rings is 1. The molecular weight excluding hydrogens is 260 g/mol. The van der Waals surface area contributed by atoms with Gasteiger partial charge in [-0.1, -0.05) is 24.3 Å². The fraction of sp³-hybridized carbons (Fsp3) is 0.571. The van der Waals surface area contributed by atoms with Crippen LogP contribution in [-0.2, 0) is 12.4 Å². The molecule has 1 aromatic carbocycles. The monoisotopic (exact) mass is 279 g/mol. The van der Waals surface area contributed by atoms with Gasteiger partial charge in [0, 0.05) is 11.4 Å². The molecule has 4 aliphatic rings. The molecule has 0 aromatic heterocycles. The van der Waals surface area contributed by atoms with Gasteiger partial charge in [-0.25, -0.2) is 14.7 Å². The second kappa shape index (κ2) is 4.43. The largest absolute Gasteiger partial charge is 0.282 e. The number of nitrogens with zero attached hydrogens (tertiary/aromatic N) is 4. The van der Waals surface area contributed by atoms with Gasteiger partial charge in [-0.05, 0) is 5.56 Å². The number of rotatable bonds is 3. The van der Waals surface area contributed by atoms with Crippen molar-refractivity contribution in [1.82, 2.24) is 14.7 Å². The molecule has 19 heavy (non-hydrogen) atoms. The van der Waals surface area contributed by atoms with Gasteiger partial charge in [0.1, 0.15) is 26.6 Å². The van der Waals surface area contributed by atoms with Crippen LogP contribution >= 0.6 is 11.6 Å². The Morgan fingerprint density at radius 1 is 0.895 bits per heavy atom. The lowest BCUT2D eigenvalue weighted by atomic mass is 10.1. The highest BCUT2D eigenvalue weighted by Gasteiger charge is 2.48. The van der Waals surface area contributed by atoms with E-state index in [9.17, 15) is 0 Å². The van der Waals surface area contributed by atoms with E-state index in [1.165, 1.54) is 31.1 Å². The lowest BCUT2D eigenvalue weighted by molar-refractivity contribution is -0.991. The highest BCUT2D eigenvalue weighted by atomic mass is 35.5. The Balaban J connectivity index is 1.62. The first-order chi connectivity index (χ1) is 9.26. The highest BCUT2D eigenvalue weighted by Crippen LogP contribution is 2.31. The van der Waals surface area contributed by atoms with Crippen molar-refractivity contribution >= 4 is 11.6 Å². The van der Waals surface area contributed by atoms with Crippen LogP contribution in [0.2, 0.25) is 0 Å². The molecule has 5 rings (SSSR count). The van der Waals surface area contributed by atoms with Crippen LogP contribution in [0.15, 0.2) is 24.3 Å². The van der Waals surface area contributed by atoms with Crippen LogP contribution in [0.3, 0.4) is 0 Å². The van der Waals surface area contributed by atoms with Gasteiger partial charge in [-0.2, -0.15) is 0 Å². The quantitative estimate of drug-likeness (QED) is 0.612. The van der Waals surface area contributed by atoms with E-state index in [1.807, 2.05) is 0 Å². The summed E-state index contributed by atoms with van der Waals surface area (Å²) >= 11 is 6.08. The second-order valence-corrected chi connectivity index (χ2v) is 6.53. The van der Waals surface area contributed by atoms with E-state index in [1.54, 1.807) is 0 Å². The van der Waals surface area contributed by atoms with E-state index >= 15 is 0 Å². The van der Waals surface area contributed by atoms with E-state index < -0.39 is 0 Å². The summed E-state index contributed by atoms with van der Waals surface area (Å²) in [6.45, 7) is 8.10. The Bertz CT molecular complexity index is 455. The summed E-state index contributed by atoms with van der Waals surface area (Å²) in [5, 5.41) is 0. The maximum atomic E-state index is 6.08. The number of hydrogen-bond acceptors (Lipinski definition) is 3. The van der Waals surface area contributed by atoms with Gasteiger partial charge in [-0.3, -0.25) is 4.48 Å². The average molecular weight is 280 g/mol. The molecule has 0 amide bonds. The Morgan fingerprint density at radius 2 is 1.42 bits per heavy atom. The topological polar surface area (TPSA) is 9.72 Å². The average Bonchev–Trinajstić information content (AvgIpc) is 2.37. The summed E-state index contributed by atoms with van der Waals surface area (Å²) in [5.41, 5.74) is 2.71. The Hall–Kier alpha value is -0.650. The maximum absolute atomic E-state index is 6.08. The molecule has 0 spiro atoms. The zero-order chi connectivity index (χ0) is 12.9. The SMILES string of the molecule is ClCc1ccccc1C[N+]12CN3CN(CN(C3)C1)C2. The van der Waals surface area contributed by atoms with E-state index in [4.69, 9.17) is 11.6 Å². The standard InChI is InChI=1S/C14H20ClN4/c15-5-13-3-1-2-4-14(13)6-19-10-16-7-17(11-19)9-18(8-16)12-19/h1-4H,5-12H2/q+1. The van der Waals surface area contributed by atoms with Gasteiger partial charge in [0.15, 0.2) is 0 Å². The molecule has 0 radical (unpaired) electrons. The van der Waals surface area contributed by atoms with Crippen LogP contribution in [-0.4, -0.2) is 59.2 Å². The van der Waals surface area contributed by atoms with Crippen LogP contribution in [0.5, 0.6) is 0 Å². The molecule has 1 aromatic rings. The van der Waals surface area contributed by atoms with Gasteiger partial charge in [0.05, 0.1) is 20.0 Å². The molecule has 0 N–H and O–H groups in total. The van der Waals surface area contributed by atoms with Crippen molar-refractivity contribution in [2.75, 3.05) is 40.0 Å². The first kappa shape index (κ1) is 12.1. The Kier molecular flexibility index (Phi) is 2.83. The third-order valence-corrected chi connectivity index (χ3v) is 4.76. The van der Waals surface area contributed by atoms with Gasteiger partial charge in [0.2, 0.25) is 0 Å². The number of alkyl halides is 1. The summed E-state index contributed by atoms with van der Waals surface area (Å²) < 4.78 is 1.15. The van der Waals surface area contributed by atoms with Gasteiger partial charge in [-0.15, -0.1) is 11.6 Å². The molecule has 5 heteroatoms. The minimum atomic E-state index is 0.618.